The number of benzene rings is 3. The zero-order valence-corrected chi connectivity index (χ0v) is 25.1. The average Bonchev–Trinajstić information content (AvgIpc) is 3.48. The summed E-state index contributed by atoms with van der Waals surface area (Å²) in [5.41, 5.74) is 2.02. The summed E-state index contributed by atoms with van der Waals surface area (Å²) in [4.78, 5) is 37.4. The number of halogens is 2. The molecule has 4 aromatic rings. The molecule has 1 atom stereocenters. The van der Waals surface area contributed by atoms with Crippen molar-refractivity contribution in [3.8, 4) is 0 Å². The average molecular weight is 622 g/mol. The Balaban J connectivity index is 1.59. The number of rotatable bonds is 10. The Labute approximate surface area is 248 Å². The van der Waals surface area contributed by atoms with E-state index in [2.05, 4.69) is 20.8 Å². The molecule has 40 heavy (non-hydrogen) atoms. The second kappa shape index (κ2) is 13.1. The van der Waals surface area contributed by atoms with Crippen molar-refractivity contribution in [3.63, 3.8) is 0 Å². The molecule has 1 unspecified atom stereocenters. The van der Waals surface area contributed by atoms with E-state index in [4.69, 9.17) is 16.6 Å². The molecule has 0 saturated carbocycles. The van der Waals surface area contributed by atoms with Gasteiger partial charge in [0.1, 0.15) is 5.82 Å². The number of aromatic nitrogens is 2. The maximum Gasteiger partial charge on any atom is 0.261 e. The topological polar surface area (TPSA) is 58.4 Å². The van der Waals surface area contributed by atoms with E-state index in [1.54, 1.807) is 22.8 Å². The number of likely N-dealkylation sites (tertiary alicyclic amines) is 1. The van der Waals surface area contributed by atoms with Gasteiger partial charge in [0, 0.05) is 21.6 Å². The minimum absolute atomic E-state index is 0.0625. The van der Waals surface area contributed by atoms with Crippen molar-refractivity contribution in [2.24, 2.45) is 0 Å². The first-order valence-corrected chi connectivity index (χ1v) is 15.1. The van der Waals surface area contributed by atoms with Gasteiger partial charge in [-0.05, 0) is 93.3 Å². The van der Waals surface area contributed by atoms with Gasteiger partial charge in [0.2, 0.25) is 0 Å². The molecular weight excluding hydrogens is 588 g/mol. The van der Waals surface area contributed by atoms with Crippen molar-refractivity contribution < 1.29 is 4.79 Å². The zero-order chi connectivity index (χ0) is 28.1. The van der Waals surface area contributed by atoms with Crippen LogP contribution in [0.15, 0.2) is 82.1 Å². The van der Waals surface area contributed by atoms with Crippen LogP contribution >= 0.6 is 27.5 Å². The Morgan fingerprint density at radius 3 is 2.48 bits per heavy atom. The van der Waals surface area contributed by atoms with Crippen LogP contribution in [0.3, 0.4) is 0 Å². The first kappa shape index (κ1) is 28.5. The summed E-state index contributed by atoms with van der Waals surface area (Å²) in [5, 5.41) is 1.03. The molecule has 2 heterocycles. The summed E-state index contributed by atoms with van der Waals surface area (Å²) in [6.45, 7) is 6.15. The highest BCUT2D eigenvalue weighted by Crippen LogP contribution is 2.28. The van der Waals surface area contributed by atoms with E-state index in [1.807, 2.05) is 66.4 Å². The lowest BCUT2D eigenvalue weighted by atomic mass is 10.1. The number of hydrogen-bond donors (Lipinski definition) is 0. The molecule has 1 amide bonds. The lowest BCUT2D eigenvalue weighted by Crippen LogP contribution is -2.40. The van der Waals surface area contributed by atoms with Crippen LogP contribution in [0, 0.1) is 0 Å². The first-order valence-electron chi connectivity index (χ1n) is 14.0. The van der Waals surface area contributed by atoms with Crippen molar-refractivity contribution in [1.29, 1.82) is 0 Å². The van der Waals surface area contributed by atoms with Gasteiger partial charge in [0.05, 0.1) is 23.5 Å². The van der Waals surface area contributed by atoms with Gasteiger partial charge in [0.25, 0.3) is 11.5 Å². The number of fused-ring (bicyclic) bond motifs is 1. The number of carbonyl (C=O) groups excluding carboxylic acids is 1. The molecule has 5 rings (SSSR count). The molecule has 0 bridgehead atoms. The van der Waals surface area contributed by atoms with E-state index in [0.717, 1.165) is 36.1 Å². The molecule has 0 aliphatic carbocycles. The molecule has 6 nitrogen and oxygen atoms in total. The highest BCUT2D eigenvalue weighted by molar-refractivity contribution is 9.10. The molecule has 8 heteroatoms. The molecular formula is C32H34BrClN4O2. The number of carbonyl (C=O) groups is 1. The second-order valence-corrected chi connectivity index (χ2v) is 11.7. The van der Waals surface area contributed by atoms with Crippen molar-refractivity contribution in [3.05, 3.63) is 110 Å². The third-order valence-electron chi connectivity index (χ3n) is 7.62. The normalized spacial score (nSPS) is 14.5. The van der Waals surface area contributed by atoms with E-state index >= 15 is 0 Å². The van der Waals surface area contributed by atoms with Crippen molar-refractivity contribution in [1.82, 2.24) is 19.4 Å². The Hall–Kier alpha value is -3.00. The largest absolute Gasteiger partial charge is 0.328 e. The maximum atomic E-state index is 14.1. The molecule has 208 valence electrons. The molecule has 0 radical (unpaired) electrons. The molecule has 0 N–H and O–H groups in total. The van der Waals surface area contributed by atoms with Gasteiger partial charge in [-0.15, -0.1) is 0 Å². The van der Waals surface area contributed by atoms with Crippen LogP contribution in [0.25, 0.3) is 10.9 Å². The molecule has 1 fully saturated rings. The van der Waals surface area contributed by atoms with Gasteiger partial charge in [-0.3, -0.25) is 14.2 Å². The summed E-state index contributed by atoms with van der Waals surface area (Å²) in [5.74, 6) is 0.519. The van der Waals surface area contributed by atoms with Gasteiger partial charge >= 0.3 is 0 Å². The van der Waals surface area contributed by atoms with Crippen LogP contribution in [0.4, 0.5) is 0 Å². The van der Waals surface area contributed by atoms with E-state index in [-0.39, 0.29) is 11.5 Å². The van der Waals surface area contributed by atoms with Gasteiger partial charge in [-0.1, -0.05) is 64.8 Å². The Morgan fingerprint density at radius 1 is 1.05 bits per heavy atom. The number of hydrogen-bond acceptors (Lipinski definition) is 4. The minimum Gasteiger partial charge on any atom is -0.328 e. The third-order valence-corrected chi connectivity index (χ3v) is 8.38. The predicted molar refractivity (Wildman–Crippen MR) is 165 cm³/mol. The van der Waals surface area contributed by atoms with Crippen molar-refractivity contribution in [2.45, 2.75) is 45.2 Å². The molecule has 3 aromatic carbocycles. The Morgan fingerprint density at radius 2 is 1.77 bits per heavy atom. The van der Waals surface area contributed by atoms with Gasteiger partial charge in [0.15, 0.2) is 0 Å². The lowest BCUT2D eigenvalue weighted by Gasteiger charge is -2.33. The summed E-state index contributed by atoms with van der Waals surface area (Å²) >= 11 is 9.80. The van der Waals surface area contributed by atoms with Gasteiger partial charge < -0.3 is 9.80 Å². The standard InChI is InChI=1S/C32H34BrClN4O2/c1-2-29(37(20-8-19-36-17-6-7-18-36)31(39)24-11-13-25(33)14-12-24)30-35-28-21-26(34)15-16-27(28)32(40)38(30)22-23-9-4-3-5-10-23/h3-5,9-16,21,29H,2,6-8,17-20,22H2,1H3. The fourth-order valence-corrected chi connectivity index (χ4v) is 5.99. The third kappa shape index (κ3) is 6.48. The quantitative estimate of drug-likeness (QED) is 0.193. The molecule has 1 aliphatic heterocycles. The van der Waals surface area contributed by atoms with Crippen molar-refractivity contribution >= 4 is 44.3 Å². The van der Waals surface area contributed by atoms with Crippen LogP contribution in [0.5, 0.6) is 0 Å². The Bertz CT molecular complexity index is 1520. The van der Waals surface area contributed by atoms with Gasteiger partial charge in [-0.2, -0.15) is 0 Å². The first-order chi connectivity index (χ1) is 19.4. The second-order valence-electron chi connectivity index (χ2n) is 10.3. The van der Waals surface area contributed by atoms with E-state index in [1.165, 1.54) is 12.8 Å². The maximum absolute atomic E-state index is 14.1. The van der Waals surface area contributed by atoms with Crippen LogP contribution in [-0.4, -0.2) is 51.4 Å². The summed E-state index contributed by atoms with van der Waals surface area (Å²) in [6, 6.07) is 22.2. The lowest BCUT2D eigenvalue weighted by molar-refractivity contribution is 0.0648. The van der Waals surface area contributed by atoms with E-state index in [0.29, 0.717) is 46.8 Å². The van der Waals surface area contributed by atoms with Crippen LogP contribution in [0.2, 0.25) is 5.02 Å². The zero-order valence-electron chi connectivity index (χ0n) is 22.7. The number of nitrogens with zero attached hydrogens (tertiary/aromatic N) is 4. The smallest absolute Gasteiger partial charge is 0.261 e. The van der Waals surface area contributed by atoms with Crippen LogP contribution in [0.1, 0.15) is 60.4 Å². The Kier molecular flexibility index (Phi) is 9.35. The fourth-order valence-electron chi connectivity index (χ4n) is 5.55. The predicted octanol–water partition coefficient (Wildman–Crippen LogP) is 6.94. The van der Waals surface area contributed by atoms with Crippen LogP contribution in [-0.2, 0) is 6.54 Å². The minimum atomic E-state index is -0.394. The molecule has 0 spiro atoms. The summed E-state index contributed by atoms with van der Waals surface area (Å²) in [6.07, 6.45) is 3.92. The highest BCUT2D eigenvalue weighted by atomic mass is 79.9. The molecule has 1 saturated heterocycles. The van der Waals surface area contributed by atoms with Crippen molar-refractivity contribution in [2.75, 3.05) is 26.2 Å². The summed E-state index contributed by atoms with van der Waals surface area (Å²) in [7, 11) is 0. The highest BCUT2D eigenvalue weighted by Gasteiger charge is 2.29. The van der Waals surface area contributed by atoms with Crippen LogP contribution < -0.4 is 5.56 Å². The summed E-state index contributed by atoms with van der Waals surface area (Å²) < 4.78 is 2.66. The molecule has 1 aromatic heterocycles. The number of amides is 1. The SMILES string of the molecule is CCC(c1nc2cc(Cl)ccc2c(=O)n1Cc1ccccc1)N(CCCN1CCCC1)C(=O)c1ccc(Br)cc1. The monoisotopic (exact) mass is 620 g/mol. The molecule has 1 aliphatic rings. The van der Waals surface area contributed by atoms with Gasteiger partial charge in [-0.25, -0.2) is 4.98 Å². The fraction of sp³-hybridized carbons (Fsp3) is 0.344. The van der Waals surface area contributed by atoms with E-state index < -0.39 is 6.04 Å². The van der Waals surface area contributed by atoms with E-state index in [9.17, 15) is 9.59 Å².